The minimum absolute atomic E-state index is 0.884. The molecular formula is C14H24N2S. The van der Waals surface area contributed by atoms with Gasteiger partial charge in [0, 0.05) is 29.4 Å². The molecule has 17 heavy (non-hydrogen) atoms. The maximum atomic E-state index is 3.40. The third-order valence-corrected chi connectivity index (χ3v) is 4.62. The van der Waals surface area contributed by atoms with Crippen molar-refractivity contribution in [2.24, 2.45) is 5.92 Å². The quantitative estimate of drug-likeness (QED) is 0.866. The summed E-state index contributed by atoms with van der Waals surface area (Å²) < 4.78 is 0. The Morgan fingerprint density at radius 2 is 2.35 bits per heavy atom. The Bertz CT molecular complexity index is 359. The molecule has 0 spiro atoms. The van der Waals surface area contributed by atoms with E-state index >= 15 is 0 Å². The second kappa shape index (κ2) is 5.98. The summed E-state index contributed by atoms with van der Waals surface area (Å²) in [4.78, 5) is 5.57. The molecule has 1 atom stereocenters. The topological polar surface area (TPSA) is 15.3 Å². The Hall–Kier alpha value is -0.380. The van der Waals surface area contributed by atoms with Gasteiger partial charge in [-0.25, -0.2) is 0 Å². The van der Waals surface area contributed by atoms with Crippen molar-refractivity contribution < 1.29 is 0 Å². The van der Waals surface area contributed by atoms with Crippen molar-refractivity contribution in [1.82, 2.24) is 10.2 Å². The summed E-state index contributed by atoms with van der Waals surface area (Å²) in [7, 11) is 0. The van der Waals surface area contributed by atoms with Crippen LogP contribution in [0.1, 0.15) is 35.6 Å². The van der Waals surface area contributed by atoms with E-state index in [4.69, 9.17) is 0 Å². The Morgan fingerprint density at radius 3 is 3.00 bits per heavy atom. The van der Waals surface area contributed by atoms with E-state index in [1.54, 1.807) is 0 Å². The van der Waals surface area contributed by atoms with E-state index in [9.17, 15) is 0 Å². The Kier molecular flexibility index (Phi) is 4.60. The number of nitrogens with zero attached hydrogens (tertiary/aromatic N) is 1. The van der Waals surface area contributed by atoms with Crippen LogP contribution in [0, 0.1) is 12.8 Å². The van der Waals surface area contributed by atoms with Crippen LogP contribution in [0.5, 0.6) is 0 Å². The minimum atomic E-state index is 0.884. The van der Waals surface area contributed by atoms with Crippen molar-refractivity contribution in [2.75, 3.05) is 19.6 Å². The molecule has 96 valence electrons. The van der Waals surface area contributed by atoms with Gasteiger partial charge in [-0.1, -0.05) is 13.8 Å². The van der Waals surface area contributed by atoms with Crippen LogP contribution in [0.4, 0.5) is 0 Å². The summed E-state index contributed by atoms with van der Waals surface area (Å²) in [5.74, 6) is 0.884. The highest BCUT2D eigenvalue weighted by atomic mass is 32.1. The molecule has 3 heteroatoms. The lowest BCUT2D eigenvalue weighted by molar-refractivity contribution is 0.320. The van der Waals surface area contributed by atoms with Gasteiger partial charge in [-0.3, -0.25) is 4.90 Å². The zero-order chi connectivity index (χ0) is 12.3. The van der Waals surface area contributed by atoms with E-state index in [1.807, 2.05) is 11.3 Å². The highest BCUT2D eigenvalue weighted by Crippen LogP contribution is 2.25. The number of rotatable bonds is 5. The predicted molar refractivity (Wildman–Crippen MR) is 75.5 cm³/mol. The maximum Gasteiger partial charge on any atom is 0.0299 e. The number of hydrogen-bond donors (Lipinski definition) is 1. The van der Waals surface area contributed by atoms with Crippen LogP contribution in [0.15, 0.2) is 6.07 Å². The SMILES string of the molecule is CCNCc1cc(CN2CCC(C)C2)c(C)s1. The molecule has 0 bridgehead atoms. The summed E-state index contributed by atoms with van der Waals surface area (Å²) in [6.07, 6.45) is 1.37. The van der Waals surface area contributed by atoms with Gasteiger partial charge in [0.15, 0.2) is 0 Å². The fourth-order valence-corrected chi connectivity index (χ4v) is 3.51. The van der Waals surface area contributed by atoms with Gasteiger partial charge in [0.05, 0.1) is 0 Å². The first-order valence-electron chi connectivity index (χ1n) is 6.70. The van der Waals surface area contributed by atoms with Gasteiger partial charge in [0.2, 0.25) is 0 Å². The molecular weight excluding hydrogens is 228 g/mol. The fraction of sp³-hybridized carbons (Fsp3) is 0.714. The smallest absolute Gasteiger partial charge is 0.0299 e. The van der Waals surface area contributed by atoms with E-state index in [0.717, 1.165) is 25.6 Å². The largest absolute Gasteiger partial charge is 0.312 e. The van der Waals surface area contributed by atoms with E-state index in [1.165, 1.54) is 34.8 Å². The Balaban J connectivity index is 1.93. The standard InChI is InChI=1S/C14H24N2S/c1-4-15-8-14-7-13(12(3)17-14)10-16-6-5-11(2)9-16/h7,11,15H,4-6,8-10H2,1-3H3. The van der Waals surface area contributed by atoms with Crippen LogP contribution in [0.3, 0.4) is 0 Å². The van der Waals surface area contributed by atoms with Crippen LogP contribution in [-0.4, -0.2) is 24.5 Å². The van der Waals surface area contributed by atoms with Crippen molar-refractivity contribution in [2.45, 2.75) is 40.3 Å². The van der Waals surface area contributed by atoms with Crippen LogP contribution < -0.4 is 5.32 Å². The highest BCUT2D eigenvalue weighted by molar-refractivity contribution is 7.12. The van der Waals surface area contributed by atoms with E-state index in [-0.39, 0.29) is 0 Å². The molecule has 1 saturated heterocycles. The van der Waals surface area contributed by atoms with Crippen LogP contribution >= 0.6 is 11.3 Å². The number of likely N-dealkylation sites (tertiary alicyclic amines) is 1. The number of nitrogens with one attached hydrogen (secondary N) is 1. The monoisotopic (exact) mass is 252 g/mol. The molecule has 0 aromatic carbocycles. The summed E-state index contributed by atoms with van der Waals surface area (Å²) in [6.45, 7) is 12.6. The minimum Gasteiger partial charge on any atom is -0.312 e. The molecule has 1 aliphatic heterocycles. The number of thiophene rings is 1. The molecule has 1 aromatic heterocycles. The molecule has 1 N–H and O–H groups in total. The first kappa shape index (κ1) is 13.1. The van der Waals surface area contributed by atoms with Crippen molar-refractivity contribution in [3.63, 3.8) is 0 Å². The van der Waals surface area contributed by atoms with Crippen LogP contribution in [-0.2, 0) is 13.1 Å². The third-order valence-electron chi connectivity index (χ3n) is 3.52. The van der Waals surface area contributed by atoms with Crippen molar-refractivity contribution in [1.29, 1.82) is 0 Å². The normalized spacial score (nSPS) is 21.2. The second-order valence-corrected chi connectivity index (χ2v) is 6.54. The summed E-state index contributed by atoms with van der Waals surface area (Å²) in [6, 6.07) is 2.39. The van der Waals surface area contributed by atoms with Crippen LogP contribution in [0.25, 0.3) is 0 Å². The predicted octanol–water partition coefficient (Wildman–Crippen LogP) is 3.01. The molecule has 0 saturated carbocycles. The zero-order valence-corrected chi connectivity index (χ0v) is 12.1. The van der Waals surface area contributed by atoms with Gasteiger partial charge in [-0.05, 0) is 44.0 Å². The molecule has 0 radical (unpaired) electrons. The van der Waals surface area contributed by atoms with Gasteiger partial charge in [0.1, 0.15) is 0 Å². The zero-order valence-electron chi connectivity index (χ0n) is 11.3. The average molecular weight is 252 g/mol. The van der Waals surface area contributed by atoms with Gasteiger partial charge in [0.25, 0.3) is 0 Å². The van der Waals surface area contributed by atoms with E-state index in [0.29, 0.717) is 0 Å². The van der Waals surface area contributed by atoms with Gasteiger partial charge >= 0.3 is 0 Å². The fourth-order valence-electron chi connectivity index (χ4n) is 2.49. The van der Waals surface area contributed by atoms with E-state index in [2.05, 4.69) is 37.1 Å². The Labute approximate surface area is 109 Å². The second-order valence-electron chi connectivity index (χ2n) is 5.20. The maximum absolute atomic E-state index is 3.40. The van der Waals surface area contributed by atoms with Crippen molar-refractivity contribution in [3.8, 4) is 0 Å². The summed E-state index contributed by atoms with van der Waals surface area (Å²) in [5.41, 5.74) is 1.54. The third kappa shape index (κ3) is 3.54. The van der Waals surface area contributed by atoms with Gasteiger partial charge in [-0.15, -0.1) is 11.3 Å². The van der Waals surface area contributed by atoms with Gasteiger partial charge < -0.3 is 5.32 Å². The molecule has 1 unspecified atom stereocenters. The van der Waals surface area contributed by atoms with Crippen molar-refractivity contribution >= 4 is 11.3 Å². The molecule has 2 nitrogen and oxygen atoms in total. The molecule has 0 aliphatic carbocycles. The number of hydrogen-bond acceptors (Lipinski definition) is 3. The molecule has 0 amide bonds. The van der Waals surface area contributed by atoms with Gasteiger partial charge in [-0.2, -0.15) is 0 Å². The number of aryl methyl sites for hydroxylation is 1. The lowest BCUT2D eigenvalue weighted by Crippen LogP contribution is -2.19. The molecule has 2 heterocycles. The first-order chi connectivity index (χ1) is 8.19. The molecule has 2 rings (SSSR count). The van der Waals surface area contributed by atoms with Crippen LogP contribution in [0.2, 0.25) is 0 Å². The lowest BCUT2D eigenvalue weighted by atomic mass is 10.2. The first-order valence-corrected chi connectivity index (χ1v) is 7.52. The highest BCUT2D eigenvalue weighted by Gasteiger charge is 2.19. The van der Waals surface area contributed by atoms with E-state index < -0.39 is 0 Å². The van der Waals surface area contributed by atoms with Crippen molar-refractivity contribution in [3.05, 3.63) is 21.4 Å². The molecule has 1 fully saturated rings. The Morgan fingerprint density at radius 1 is 1.53 bits per heavy atom. The summed E-state index contributed by atoms with van der Waals surface area (Å²) >= 11 is 1.95. The average Bonchev–Trinajstić information content (AvgIpc) is 2.84. The lowest BCUT2D eigenvalue weighted by Gasteiger charge is -2.14. The molecule has 1 aliphatic rings. The molecule has 1 aromatic rings. The summed E-state index contributed by atoms with van der Waals surface area (Å²) in [5, 5.41) is 3.40.